The zero-order chi connectivity index (χ0) is 5.54. The highest BCUT2D eigenvalue weighted by molar-refractivity contribution is 5.00. The van der Waals surface area contributed by atoms with Crippen LogP contribution >= 0.6 is 0 Å². The predicted octanol–water partition coefficient (Wildman–Crippen LogP) is 1.55. The molecule has 0 fully saturated rings. The molecule has 0 atom stereocenters. The van der Waals surface area contributed by atoms with Crippen molar-refractivity contribution in [3.05, 3.63) is 24.3 Å². The van der Waals surface area contributed by atoms with Gasteiger partial charge in [-0.2, -0.15) is 0 Å². The number of allylic oxidation sites excluding steroid dienone is 3. The van der Waals surface area contributed by atoms with Crippen LogP contribution in [0.25, 0.3) is 0 Å². The molecule has 0 spiro atoms. The highest BCUT2D eigenvalue weighted by atomic mass is 16.2. The van der Waals surface area contributed by atoms with Crippen LogP contribution in [0.2, 0.25) is 0 Å². The molecular formula is C6H9O. The first-order valence-electron chi connectivity index (χ1n) is 2.27. The summed E-state index contributed by atoms with van der Waals surface area (Å²) in [5, 5.41) is 9.68. The van der Waals surface area contributed by atoms with Crippen molar-refractivity contribution in [2.24, 2.45) is 0 Å². The number of rotatable bonds is 2. The lowest BCUT2D eigenvalue weighted by Gasteiger charge is -1.68. The topological polar surface area (TPSA) is 19.9 Å². The second-order valence-electron chi connectivity index (χ2n) is 1.12. The summed E-state index contributed by atoms with van der Waals surface area (Å²) in [5.41, 5.74) is 0. The van der Waals surface area contributed by atoms with E-state index in [1.165, 1.54) is 0 Å². The zero-order valence-corrected chi connectivity index (χ0v) is 4.42. The van der Waals surface area contributed by atoms with Crippen molar-refractivity contribution in [3.8, 4) is 0 Å². The van der Waals surface area contributed by atoms with E-state index in [-0.39, 0.29) is 6.61 Å². The van der Waals surface area contributed by atoms with Gasteiger partial charge in [-0.15, -0.1) is 0 Å². The van der Waals surface area contributed by atoms with Crippen LogP contribution in [0.1, 0.15) is 6.92 Å². The fourth-order valence-electron chi connectivity index (χ4n) is 0.245. The normalized spacial score (nSPS) is 11.7. The zero-order valence-electron chi connectivity index (χ0n) is 4.42. The van der Waals surface area contributed by atoms with Crippen LogP contribution in [0.15, 0.2) is 24.3 Å². The molecule has 0 aliphatic carbocycles. The van der Waals surface area contributed by atoms with Gasteiger partial charge in [0, 0.05) is 0 Å². The molecule has 0 aliphatic rings. The first kappa shape index (κ1) is 6.44. The Labute approximate surface area is 44.0 Å². The summed E-state index contributed by atoms with van der Waals surface area (Å²) in [6, 6.07) is 0. The third kappa shape index (κ3) is 5.44. The molecule has 1 heteroatoms. The fourth-order valence-corrected chi connectivity index (χ4v) is 0.245. The van der Waals surface area contributed by atoms with E-state index in [1.807, 2.05) is 19.1 Å². The highest BCUT2D eigenvalue weighted by Gasteiger charge is 1.60. The lowest BCUT2D eigenvalue weighted by atomic mass is 10.4. The van der Waals surface area contributed by atoms with Crippen molar-refractivity contribution < 1.29 is 5.11 Å². The average Bonchev–Trinajstić information content (AvgIpc) is 1.69. The molecular weight excluding hydrogens is 88.1 g/mol. The molecule has 0 N–H and O–H groups in total. The quantitative estimate of drug-likeness (QED) is 0.466. The average molecular weight is 97.1 g/mol. The lowest BCUT2D eigenvalue weighted by Crippen LogP contribution is -1.63. The van der Waals surface area contributed by atoms with Crippen molar-refractivity contribution >= 4 is 0 Å². The van der Waals surface area contributed by atoms with E-state index in [0.717, 1.165) is 0 Å². The van der Waals surface area contributed by atoms with Crippen molar-refractivity contribution in [2.45, 2.75) is 6.92 Å². The van der Waals surface area contributed by atoms with Gasteiger partial charge in [0.2, 0.25) is 0 Å². The maximum Gasteiger partial charge on any atom is 0.101 e. The van der Waals surface area contributed by atoms with Gasteiger partial charge in [-0.1, -0.05) is 24.3 Å². The van der Waals surface area contributed by atoms with E-state index in [0.29, 0.717) is 0 Å². The maximum atomic E-state index is 9.68. The van der Waals surface area contributed by atoms with E-state index in [9.17, 15) is 5.11 Å². The third-order valence-electron chi connectivity index (χ3n) is 0.536. The Morgan fingerprint density at radius 1 is 1.43 bits per heavy atom. The largest absolute Gasteiger partial charge is 0.232 e. The first-order valence-corrected chi connectivity index (χ1v) is 2.27. The molecule has 39 valence electrons. The van der Waals surface area contributed by atoms with Gasteiger partial charge >= 0.3 is 0 Å². The summed E-state index contributed by atoms with van der Waals surface area (Å²) >= 11 is 0. The minimum atomic E-state index is -0.121. The van der Waals surface area contributed by atoms with E-state index >= 15 is 0 Å². The van der Waals surface area contributed by atoms with Crippen LogP contribution in [-0.4, -0.2) is 6.61 Å². The molecule has 0 rings (SSSR count). The van der Waals surface area contributed by atoms with Gasteiger partial charge in [0.25, 0.3) is 0 Å². The van der Waals surface area contributed by atoms with Crippen molar-refractivity contribution in [3.63, 3.8) is 0 Å². The minimum absolute atomic E-state index is 0.121. The van der Waals surface area contributed by atoms with Crippen LogP contribution in [0.4, 0.5) is 0 Å². The molecule has 7 heavy (non-hydrogen) atoms. The van der Waals surface area contributed by atoms with E-state index in [4.69, 9.17) is 0 Å². The van der Waals surface area contributed by atoms with Gasteiger partial charge in [-0.3, -0.25) is 0 Å². The smallest absolute Gasteiger partial charge is 0.101 e. The molecule has 0 amide bonds. The van der Waals surface area contributed by atoms with Gasteiger partial charge in [-0.05, 0) is 6.92 Å². The van der Waals surface area contributed by atoms with Crippen LogP contribution in [0.5, 0.6) is 0 Å². The van der Waals surface area contributed by atoms with Crippen molar-refractivity contribution in [1.29, 1.82) is 0 Å². The molecule has 0 aliphatic heterocycles. The van der Waals surface area contributed by atoms with Crippen LogP contribution in [0, 0.1) is 0 Å². The molecule has 0 heterocycles. The van der Waals surface area contributed by atoms with Gasteiger partial charge < -0.3 is 0 Å². The fraction of sp³-hybridized carbons (Fsp3) is 0.333. The highest BCUT2D eigenvalue weighted by Crippen LogP contribution is 1.72. The molecule has 0 unspecified atom stereocenters. The van der Waals surface area contributed by atoms with Gasteiger partial charge in [-0.25, -0.2) is 5.11 Å². The number of hydrogen-bond acceptors (Lipinski definition) is 0. The molecule has 1 radical (unpaired) electrons. The molecule has 0 saturated heterocycles. The Morgan fingerprint density at radius 2 is 2.14 bits per heavy atom. The summed E-state index contributed by atoms with van der Waals surface area (Å²) in [6.45, 7) is 1.79. The van der Waals surface area contributed by atoms with E-state index in [1.54, 1.807) is 12.2 Å². The Morgan fingerprint density at radius 3 is 2.57 bits per heavy atom. The summed E-state index contributed by atoms with van der Waals surface area (Å²) in [7, 11) is 0. The van der Waals surface area contributed by atoms with Gasteiger partial charge in [0.15, 0.2) is 0 Å². The second-order valence-corrected chi connectivity index (χ2v) is 1.12. The molecule has 0 bridgehead atoms. The lowest BCUT2D eigenvalue weighted by molar-refractivity contribution is 0.232. The maximum absolute atomic E-state index is 9.68. The van der Waals surface area contributed by atoms with Crippen LogP contribution in [0.3, 0.4) is 0 Å². The van der Waals surface area contributed by atoms with Crippen LogP contribution in [-0.2, 0) is 5.11 Å². The SMILES string of the molecule is CC=CC=CC[O]. The summed E-state index contributed by atoms with van der Waals surface area (Å²) in [4.78, 5) is 0. The summed E-state index contributed by atoms with van der Waals surface area (Å²) < 4.78 is 0. The molecule has 0 aromatic rings. The van der Waals surface area contributed by atoms with Gasteiger partial charge in [0.05, 0.1) is 0 Å². The second kappa shape index (κ2) is 5.44. The Bertz CT molecular complexity index is 72.2. The summed E-state index contributed by atoms with van der Waals surface area (Å²) in [6.07, 6.45) is 7.02. The molecule has 0 saturated carbocycles. The monoisotopic (exact) mass is 97.1 g/mol. The van der Waals surface area contributed by atoms with Crippen molar-refractivity contribution in [2.75, 3.05) is 6.61 Å². The Hall–Kier alpha value is -0.560. The van der Waals surface area contributed by atoms with E-state index < -0.39 is 0 Å². The molecule has 0 aromatic carbocycles. The molecule has 1 nitrogen and oxygen atoms in total. The summed E-state index contributed by atoms with van der Waals surface area (Å²) in [5.74, 6) is 0. The minimum Gasteiger partial charge on any atom is -0.232 e. The van der Waals surface area contributed by atoms with E-state index in [2.05, 4.69) is 0 Å². The van der Waals surface area contributed by atoms with Gasteiger partial charge in [0.1, 0.15) is 6.61 Å². The third-order valence-corrected chi connectivity index (χ3v) is 0.536. The molecule has 0 aromatic heterocycles. The van der Waals surface area contributed by atoms with Crippen molar-refractivity contribution in [1.82, 2.24) is 0 Å². The number of hydrogen-bond donors (Lipinski definition) is 0. The van der Waals surface area contributed by atoms with Crippen LogP contribution < -0.4 is 0 Å². The Balaban J connectivity index is 3.09. The Kier molecular flexibility index (Phi) is 5.00. The first-order chi connectivity index (χ1) is 3.41. The predicted molar refractivity (Wildman–Crippen MR) is 29.5 cm³/mol. The standard InChI is InChI=1S/C6H9O/c1-2-3-4-5-6-7/h2-5H,6H2,1H3.